The van der Waals surface area contributed by atoms with Crippen molar-refractivity contribution in [2.24, 2.45) is 0 Å². The van der Waals surface area contributed by atoms with Crippen LogP contribution in [0.2, 0.25) is 0 Å². The topological polar surface area (TPSA) is 337 Å². The van der Waals surface area contributed by atoms with Crippen molar-refractivity contribution in [2.75, 3.05) is 33.5 Å². The molecule has 22 heteroatoms. The van der Waals surface area contributed by atoms with Crippen LogP contribution in [0.4, 0.5) is 0 Å². The molecule has 0 saturated carbocycles. The molecule has 4 saturated heterocycles. The molecule has 21 nitrogen and oxygen atoms in total. The van der Waals surface area contributed by atoms with Gasteiger partial charge in [0.2, 0.25) is 0 Å². The van der Waals surface area contributed by atoms with Gasteiger partial charge in [0.25, 0.3) is 0 Å². The van der Waals surface area contributed by atoms with Crippen molar-refractivity contribution < 1.29 is 137 Å². The van der Waals surface area contributed by atoms with E-state index >= 15 is 0 Å². The molecule has 0 aliphatic carbocycles. The van der Waals surface area contributed by atoms with Crippen LogP contribution in [0.5, 0.6) is 0 Å². The van der Waals surface area contributed by atoms with Gasteiger partial charge in [-0.15, -0.1) is 0 Å². The molecule has 4 heterocycles. The van der Waals surface area contributed by atoms with E-state index < -0.39 is 149 Å². The smallest absolute Gasteiger partial charge is 0.187 e. The third-order valence-corrected chi connectivity index (χ3v) is 8.45. The zero-order valence-corrected chi connectivity index (χ0v) is 29.6. The molecule has 4 aliphatic rings. The van der Waals surface area contributed by atoms with Crippen LogP contribution < -0.4 is 0 Å². The van der Waals surface area contributed by atoms with Crippen molar-refractivity contribution in [3.8, 4) is 0 Å². The van der Waals surface area contributed by atoms with Gasteiger partial charge in [-0.05, 0) is 0 Å². The SMILES string of the molecule is CO[C@@H]1C(O)[C@H](O[C@@H]2C(O)[C@H](O[C@@H]3C(O)[C@H](O[C@@H]4C(O)[C@H](O)OC(CO)[C@@H]4O)OC(CO)[C@@H]3O)OC(CO)[C@@H]2O)OC(CO)[C@@H]1O.[CH2-]C.[Y]. The van der Waals surface area contributed by atoms with Crippen molar-refractivity contribution in [3.63, 3.8) is 0 Å². The second-order valence-electron chi connectivity index (χ2n) is 11.4. The summed E-state index contributed by atoms with van der Waals surface area (Å²) >= 11 is 0. The zero-order chi connectivity index (χ0) is 36.0. The first-order valence-corrected chi connectivity index (χ1v) is 15.2. The monoisotopic (exact) mass is 798 g/mol. The van der Waals surface area contributed by atoms with Crippen LogP contribution in [0.3, 0.4) is 0 Å². The summed E-state index contributed by atoms with van der Waals surface area (Å²) in [5.41, 5.74) is 0. The Bertz CT molecular complexity index is 943. The summed E-state index contributed by atoms with van der Waals surface area (Å²) < 4.78 is 43.0. The van der Waals surface area contributed by atoms with E-state index in [4.69, 9.17) is 37.9 Å². The first-order valence-electron chi connectivity index (χ1n) is 15.2. The maximum absolute atomic E-state index is 11.1. The van der Waals surface area contributed by atoms with E-state index in [-0.39, 0.29) is 32.7 Å². The van der Waals surface area contributed by atoms with Gasteiger partial charge in [0.15, 0.2) is 25.2 Å². The van der Waals surface area contributed by atoms with Crippen LogP contribution in [-0.4, -0.2) is 223 Å². The normalized spacial score (nSPS) is 49.0. The number of hydrogen-bond donors (Lipinski definition) is 13. The van der Waals surface area contributed by atoms with E-state index in [1.807, 2.05) is 0 Å². The Hall–Kier alpha value is 0.264. The maximum Gasteiger partial charge on any atom is 0.187 e. The molecule has 49 heavy (non-hydrogen) atoms. The van der Waals surface area contributed by atoms with Crippen molar-refractivity contribution >= 4 is 0 Å². The predicted molar refractivity (Wildman–Crippen MR) is 150 cm³/mol. The number of rotatable bonds is 11. The summed E-state index contributed by atoms with van der Waals surface area (Å²) in [4.78, 5) is 0. The second kappa shape index (κ2) is 20.6. The minimum Gasteiger partial charge on any atom is -0.394 e. The fraction of sp³-hybridized carbons (Fsp3) is 0.963. The average Bonchev–Trinajstić information content (AvgIpc) is 3.08. The molecule has 0 bridgehead atoms. The molecule has 4 fully saturated rings. The largest absolute Gasteiger partial charge is 0.394 e. The van der Waals surface area contributed by atoms with E-state index in [9.17, 15) is 66.4 Å². The predicted octanol–water partition coefficient (Wildman–Crippen LogP) is -8.26. The fourth-order valence-corrected chi connectivity index (χ4v) is 5.79. The number of aliphatic hydroxyl groups excluding tert-OH is 13. The Morgan fingerprint density at radius 1 is 0.429 bits per heavy atom. The molecule has 287 valence electrons. The van der Waals surface area contributed by atoms with Crippen LogP contribution in [0.1, 0.15) is 6.92 Å². The molecule has 4 rings (SSSR count). The van der Waals surface area contributed by atoms with Crippen molar-refractivity contribution in [3.05, 3.63) is 6.92 Å². The zero-order valence-electron chi connectivity index (χ0n) is 26.7. The van der Waals surface area contributed by atoms with Gasteiger partial charge in [-0.3, -0.25) is 0 Å². The number of ether oxygens (including phenoxy) is 8. The van der Waals surface area contributed by atoms with E-state index in [1.54, 1.807) is 6.92 Å². The minimum absolute atomic E-state index is 0. The van der Waals surface area contributed by atoms with Gasteiger partial charge < -0.3 is 111 Å². The maximum atomic E-state index is 11.1. The molecule has 0 aromatic carbocycles. The first kappa shape index (κ1) is 45.4. The summed E-state index contributed by atoms with van der Waals surface area (Å²) in [6.45, 7) is 1.71. The Balaban J connectivity index is 0.00000273. The van der Waals surface area contributed by atoms with Gasteiger partial charge >= 0.3 is 0 Å². The first-order chi connectivity index (χ1) is 22.8. The average molecular weight is 799 g/mol. The molecule has 8 unspecified atom stereocenters. The van der Waals surface area contributed by atoms with Gasteiger partial charge in [0.05, 0.1) is 26.4 Å². The molecule has 0 aromatic heterocycles. The molecule has 1 radical (unpaired) electrons. The molecule has 0 spiro atoms. The molecule has 0 amide bonds. The van der Waals surface area contributed by atoms with Gasteiger partial charge in [-0.2, -0.15) is 6.92 Å². The summed E-state index contributed by atoms with van der Waals surface area (Å²) in [7, 11) is 1.16. The van der Waals surface area contributed by atoms with Crippen molar-refractivity contribution in [1.82, 2.24) is 0 Å². The standard InChI is InChI=1S/C25H44O21.C2H5.Y/c1-39-18-10(30)7(3-27)41-23(15(18)35)45-20-12(32)9(5-29)43-25(17(20)37)46-21-13(33)8(4-28)42-24(16(21)36)44-19-11(31)6(2-26)40-22(38)14(19)34;1-2;/h6-38H,2-5H2,1H3;1H2,2H3;/q;-1;/t6?,7?,8?,9?,10-,11-,12-,13-,14?,15?,16?,17?,18-,19-,20-,21-,22+,23-,24-,25-;;/m0../s1. The molecule has 4 aliphatic heterocycles. The van der Waals surface area contributed by atoms with E-state index in [2.05, 4.69) is 6.92 Å². The summed E-state index contributed by atoms with van der Waals surface area (Å²) in [5, 5.41) is 134. The Morgan fingerprint density at radius 3 is 1.00 bits per heavy atom. The Kier molecular flexibility index (Phi) is 19.1. The molecular weight excluding hydrogens is 749 g/mol. The molecule has 0 aromatic rings. The second-order valence-corrected chi connectivity index (χ2v) is 11.4. The van der Waals surface area contributed by atoms with Gasteiger partial charge in [0.1, 0.15) is 97.7 Å². The van der Waals surface area contributed by atoms with Gasteiger partial charge in [-0.1, -0.05) is 0 Å². The minimum atomic E-state index is -2.03. The molecule has 20 atom stereocenters. The Labute approximate surface area is 306 Å². The van der Waals surface area contributed by atoms with Crippen molar-refractivity contribution in [1.29, 1.82) is 0 Å². The number of aliphatic hydroxyl groups is 13. The van der Waals surface area contributed by atoms with Crippen LogP contribution in [0, 0.1) is 6.92 Å². The molecule has 13 N–H and O–H groups in total. The van der Waals surface area contributed by atoms with E-state index in [1.165, 1.54) is 0 Å². The van der Waals surface area contributed by atoms with Crippen LogP contribution in [0.25, 0.3) is 0 Å². The van der Waals surface area contributed by atoms with Gasteiger partial charge in [0, 0.05) is 39.8 Å². The van der Waals surface area contributed by atoms with Crippen LogP contribution in [-0.2, 0) is 70.6 Å². The van der Waals surface area contributed by atoms with E-state index in [0.29, 0.717) is 0 Å². The van der Waals surface area contributed by atoms with Gasteiger partial charge in [-0.25, -0.2) is 0 Å². The summed E-state index contributed by atoms with van der Waals surface area (Å²) in [6.07, 6.45) is -34.5. The third kappa shape index (κ3) is 9.88. The summed E-state index contributed by atoms with van der Waals surface area (Å²) in [5.74, 6) is 0. The van der Waals surface area contributed by atoms with Crippen molar-refractivity contribution in [2.45, 2.75) is 130 Å². The third-order valence-electron chi connectivity index (χ3n) is 8.45. The molecular formula is C27H49O21Y-. The fourth-order valence-electron chi connectivity index (χ4n) is 5.79. The van der Waals surface area contributed by atoms with Crippen LogP contribution >= 0.6 is 0 Å². The number of hydrogen-bond acceptors (Lipinski definition) is 21. The quantitative estimate of drug-likeness (QED) is 0.0863. The van der Waals surface area contributed by atoms with E-state index in [0.717, 1.165) is 7.11 Å². The summed E-state index contributed by atoms with van der Waals surface area (Å²) in [6, 6.07) is 0. The number of methoxy groups -OCH3 is 1. The van der Waals surface area contributed by atoms with Crippen LogP contribution in [0.15, 0.2) is 0 Å². The Morgan fingerprint density at radius 2 is 0.694 bits per heavy atom.